The number of rotatable bonds is 4. The minimum absolute atomic E-state index is 0.0597. The average Bonchev–Trinajstić information content (AvgIpc) is 2.94. The van der Waals surface area contributed by atoms with Gasteiger partial charge in [-0.3, -0.25) is 4.98 Å². The fraction of sp³-hybridized carbons (Fsp3) is 0.412. The van der Waals surface area contributed by atoms with Gasteiger partial charge in [0, 0.05) is 31.2 Å². The normalized spacial score (nSPS) is 19.3. The molecule has 0 unspecified atom stereocenters. The number of carbonyl (C=O) groups is 1. The summed E-state index contributed by atoms with van der Waals surface area (Å²) in [6.45, 7) is 0.484. The van der Waals surface area contributed by atoms with E-state index in [1.54, 1.807) is 13.2 Å². The number of amides is 2. The lowest BCUT2D eigenvalue weighted by Gasteiger charge is -2.23. The summed E-state index contributed by atoms with van der Waals surface area (Å²) in [7, 11) is -1.34. The SMILES string of the molecule is CN(C(=O)NCCc1cccc2cccnc12)[C@H]1CCS(=O)(=O)C1. The van der Waals surface area contributed by atoms with Crippen LogP contribution in [0.4, 0.5) is 4.79 Å². The molecule has 128 valence electrons. The third-order valence-corrected chi connectivity index (χ3v) is 6.21. The van der Waals surface area contributed by atoms with Gasteiger partial charge >= 0.3 is 6.03 Å². The summed E-state index contributed by atoms with van der Waals surface area (Å²) in [5.41, 5.74) is 2.03. The van der Waals surface area contributed by atoms with Gasteiger partial charge in [-0.2, -0.15) is 0 Å². The number of urea groups is 1. The van der Waals surface area contributed by atoms with E-state index in [0.717, 1.165) is 16.5 Å². The van der Waals surface area contributed by atoms with Crippen LogP contribution in [0.1, 0.15) is 12.0 Å². The van der Waals surface area contributed by atoms with E-state index in [0.29, 0.717) is 19.4 Å². The smallest absolute Gasteiger partial charge is 0.317 e. The summed E-state index contributed by atoms with van der Waals surface area (Å²) in [4.78, 5) is 18.1. The molecule has 7 heteroatoms. The average molecular weight is 347 g/mol. The van der Waals surface area contributed by atoms with Crippen molar-refractivity contribution in [2.75, 3.05) is 25.1 Å². The van der Waals surface area contributed by atoms with Crippen LogP contribution in [0, 0.1) is 0 Å². The number of pyridine rings is 1. The number of nitrogens with zero attached hydrogens (tertiary/aromatic N) is 2. The summed E-state index contributed by atoms with van der Waals surface area (Å²) in [6, 6.07) is 9.46. The maximum absolute atomic E-state index is 12.2. The lowest BCUT2D eigenvalue weighted by Crippen LogP contribution is -2.44. The highest BCUT2D eigenvalue weighted by molar-refractivity contribution is 7.91. The number of nitrogens with one attached hydrogen (secondary N) is 1. The highest BCUT2D eigenvalue weighted by Crippen LogP contribution is 2.17. The molecule has 0 spiro atoms. The van der Waals surface area contributed by atoms with Crippen LogP contribution in [-0.2, 0) is 16.3 Å². The van der Waals surface area contributed by atoms with Crippen molar-refractivity contribution in [2.24, 2.45) is 0 Å². The van der Waals surface area contributed by atoms with Gasteiger partial charge in [-0.05, 0) is 24.5 Å². The molecule has 2 aromatic rings. The highest BCUT2D eigenvalue weighted by atomic mass is 32.2. The van der Waals surface area contributed by atoms with Gasteiger partial charge in [0.15, 0.2) is 9.84 Å². The molecule has 6 nitrogen and oxygen atoms in total. The zero-order valence-corrected chi connectivity index (χ0v) is 14.4. The molecule has 1 aliphatic rings. The summed E-state index contributed by atoms with van der Waals surface area (Å²) < 4.78 is 23.1. The van der Waals surface area contributed by atoms with Crippen LogP contribution in [0.25, 0.3) is 10.9 Å². The second-order valence-electron chi connectivity index (χ2n) is 6.14. The Bertz CT molecular complexity index is 846. The zero-order valence-electron chi connectivity index (χ0n) is 13.6. The molecule has 0 saturated carbocycles. The summed E-state index contributed by atoms with van der Waals surface area (Å²) >= 11 is 0. The molecular formula is C17H21N3O3S. The van der Waals surface area contributed by atoms with Gasteiger partial charge in [0.2, 0.25) is 0 Å². The van der Waals surface area contributed by atoms with Crippen LogP contribution in [0.5, 0.6) is 0 Å². The number of sulfone groups is 1. The van der Waals surface area contributed by atoms with Crippen molar-refractivity contribution in [2.45, 2.75) is 18.9 Å². The van der Waals surface area contributed by atoms with Gasteiger partial charge in [-0.15, -0.1) is 0 Å². The fourth-order valence-corrected chi connectivity index (χ4v) is 4.82. The van der Waals surface area contributed by atoms with Crippen LogP contribution in [0.3, 0.4) is 0 Å². The number of para-hydroxylation sites is 1. The van der Waals surface area contributed by atoms with Crippen LogP contribution in [0.15, 0.2) is 36.5 Å². The van der Waals surface area contributed by atoms with Crippen LogP contribution in [-0.4, -0.2) is 55.5 Å². The second kappa shape index (κ2) is 6.76. The Hall–Kier alpha value is -2.15. The van der Waals surface area contributed by atoms with Crippen LogP contribution in [0.2, 0.25) is 0 Å². The molecule has 2 heterocycles. The molecule has 0 aliphatic carbocycles. The molecule has 2 amide bonds. The van der Waals surface area contributed by atoms with Crippen molar-refractivity contribution in [3.8, 4) is 0 Å². The molecule has 1 atom stereocenters. The molecule has 0 bridgehead atoms. The number of benzene rings is 1. The third-order valence-electron chi connectivity index (χ3n) is 4.46. The largest absolute Gasteiger partial charge is 0.338 e. The summed E-state index contributed by atoms with van der Waals surface area (Å²) in [5.74, 6) is 0.223. The van der Waals surface area contributed by atoms with E-state index < -0.39 is 9.84 Å². The molecule has 1 N–H and O–H groups in total. The minimum Gasteiger partial charge on any atom is -0.338 e. The lowest BCUT2D eigenvalue weighted by atomic mass is 10.1. The van der Waals surface area contributed by atoms with Gasteiger partial charge in [0.1, 0.15) is 0 Å². The number of carbonyl (C=O) groups excluding carboxylic acids is 1. The monoisotopic (exact) mass is 347 g/mol. The minimum atomic E-state index is -2.99. The Morgan fingerprint density at radius 2 is 2.12 bits per heavy atom. The Kier molecular flexibility index (Phi) is 4.71. The van der Waals surface area contributed by atoms with E-state index in [4.69, 9.17) is 0 Å². The van der Waals surface area contributed by atoms with Gasteiger partial charge < -0.3 is 10.2 Å². The number of aromatic nitrogens is 1. The molecular weight excluding hydrogens is 326 g/mol. The van der Waals surface area contributed by atoms with E-state index in [-0.39, 0.29) is 23.6 Å². The van der Waals surface area contributed by atoms with Crippen molar-refractivity contribution in [3.63, 3.8) is 0 Å². The van der Waals surface area contributed by atoms with Crippen molar-refractivity contribution >= 4 is 26.8 Å². The maximum atomic E-state index is 12.2. The van der Waals surface area contributed by atoms with E-state index in [1.165, 1.54) is 4.90 Å². The van der Waals surface area contributed by atoms with E-state index in [2.05, 4.69) is 10.3 Å². The first-order valence-electron chi connectivity index (χ1n) is 8.00. The second-order valence-corrected chi connectivity index (χ2v) is 8.37. The van der Waals surface area contributed by atoms with E-state index >= 15 is 0 Å². The van der Waals surface area contributed by atoms with Gasteiger partial charge in [-0.25, -0.2) is 13.2 Å². The molecule has 24 heavy (non-hydrogen) atoms. The molecule has 1 aromatic carbocycles. The molecule has 1 aliphatic heterocycles. The standard InChI is InChI=1S/C17H21N3O3S/c1-20(15-8-11-24(22,23)12-15)17(21)19-10-7-14-5-2-4-13-6-3-9-18-16(13)14/h2-6,9,15H,7-8,10-12H2,1H3,(H,19,21)/t15-/m0/s1. The zero-order chi connectivity index (χ0) is 17.2. The van der Waals surface area contributed by atoms with Gasteiger partial charge in [0.05, 0.1) is 17.0 Å². The fourth-order valence-electron chi connectivity index (χ4n) is 3.04. The van der Waals surface area contributed by atoms with Crippen LogP contribution < -0.4 is 5.32 Å². The summed E-state index contributed by atoms with van der Waals surface area (Å²) in [6.07, 6.45) is 2.95. The molecule has 1 fully saturated rings. The third kappa shape index (κ3) is 3.67. The van der Waals surface area contributed by atoms with Gasteiger partial charge in [-0.1, -0.05) is 24.3 Å². The number of hydrogen-bond acceptors (Lipinski definition) is 4. The van der Waals surface area contributed by atoms with Crippen molar-refractivity contribution in [3.05, 3.63) is 42.1 Å². The van der Waals surface area contributed by atoms with Crippen molar-refractivity contribution in [1.82, 2.24) is 15.2 Å². The van der Waals surface area contributed by atoms with Crippen LogP contribution >= 0.6 is 0 Å². The first-order valence-corrected chi connectivity index (χ1v) is 9.82. The first-order chi connectivity index (χ1) is 11.5. The van der Waals surface area contributed by atoms with E-state index in [1.807, 2.05) is 30.3 Å². The lowest BCUT2D eigenvalue weighted by molar-refractivity contribution is 0.195. The molecule has 1 saturated heterocycles. The highest BCUT2D eigenvalue weighted by Gasteiger charge is 2.32. The predicted octanol–water partition coefficient (Wildman–Crippen LogP) is 1.61. The first kappa shape index (κ1) is 16.7. The predicted molar refractivity (Wildman–Crippen MR) is 93.7 cm³/mol. The van der Waals surface area contributed by atoms with Crippen molar-refractivity contribution in [1.29, 1.82) is 0 Å². The number of hydrogen-bond donors (Lipinski definition) is 1. The quantitative estimate of drug-likeness (QED) is 0.911. The number of fused-ring (bicyclic) bond motifs is 1. The molecule has 3 rings (SSSR count). The molecule has 0 radical (unpaired) electrons. The van der Waals surface area contributed by atoms with Gasteiger partial charge in [0.25, 0.3) is 0 Å². The Morgan fingerprint density at radius 1 is 1.33 bits per heavy atom. The topological polar surface area (TPSA) is 79.4 Å². The molecule has 1 aromatic heterocycles. The van der Waals surface area contributed by atoms with Crippen molar-refractivity contribution < 1.29 is 13.2 Å². The van der Waals surface area contributed by atoms with E-state index in [9.17, 15) is 13.2 Å². The Labute approximate surface area is 141 Å². The summed E-state index contributed by atoms with van der Waals surface area (Å²) in [5, 5.41) is 3.94. The Morgan fingerprint density at radius 3 is 2.88 bits per heavy atom. The Balaban J connectivity index is 1.57. The maximum Gasteiger partial charge on any atom is 0.317 e.